The summed E-state index contributed by atoms with van der Waals surface area (Å²) in [5, 5.41) is 0.486. The zero-order valence-corrected chi connectivity index (χ0v) is 12.9. The van der Waals surface area contributed by atoms with Gasteiger partial charge in [-0.3, -0.25) is 20.4 Å². The van der Waals surface area contributed by atoms with Crippen LogP contribution >= 0.6 is 11.6 Å². The molecule has 2 aromatic rings. The zero-order chi connectivity index (χ0) is 16.8. The number of amides is 2. The fourth-order valence-electron chi connectivity index (χ4n) is 1.69. The third-order valence-corrected chi connectivity index (χ3v) is 3.12. The highest BCUT2D eigenvalue weighted by molar-refractivity contribution is 6.30. The van der Waals surface area contributed by atoms with Crippen molar-refractivity contribution in [3.8, 4) is 5.75 Å². The van der Waals surface area contributed by atoms with Crippen LogP contribution in [0.5, 0.6) is 5.75 Å². The van der Waals surface area contributed by atoms with Crippen LogP contribution in [0.4, 0.5) is 4.39 Å². The van der Waals surface area contributed by atoms with Crippen LogP contribution in [0.25, 0.3) is 0 Å². The van der Waals surface area contributed by atoms with Crippen LogP contribution in [0.2, 0.25) is 5.02 Å². The van der Waals surface area contributed by atoms with Crippen molar-refractivity contribution in [3.05, 3.63) is 64.9 Å². The highest BCUT2D eigenvalue weighted by Gasteiger charge is 2.16. The van der Waals surface area contributed by atoms with Gasteiger partial charge in [0.2, 0.25) is 0 Å². The van der Waals surface area contributed by atoms with Gasteiger partial charge >= 0.3 is 0 Å². The van der Waals surface area contributed by atoms with Gasteiger partial charge in [0.15, 0.2) is 6.10 Å². The molecule has 2 N–H and O–H groups in total. The number of hydrazine groups is 1. The Labute approximate surface area is 137 Å². The van der Waals surface area contributed by atoms with Crippen LogP contribution in [0, 0.1) is 5.82 Å². The van der Waals surface area contributed by atoms with Crippen molar-refractivity contribution in [2.45, 2.75) is 13.0 Å². The SMILES string of the molecule is CC(Oc1cccc(Cl)c1)C(=O)NNC(=O)c1ccc(F)cc1. The van der Waals surface area contributed by atoms with Crippen LogP contribution in [-0.2, 0) is 4.79 Å². The first-order chi connectivity index (χ1) is 11.0. The van der Waals surface area contributed by atoms with Gasteiger partial charge in [0.1, 0.15) is 11.6 Å². The highest BCUT2D eigenvalue weighted by atomic mass is 35.5. The first-order valence-electron chi connectivity index (χ1n) is 6.73. The first kappa shape index (κ1) is 16.8. The summed E-state index contributed by atoms with van der Waals surface area (Å²) in [6.45, 7) is 1.53. The molecule has 23 heavy (non-hydrogen) atoms. The van der Waals surface area contributed by atoms with Gasteiger partial charge in [0, 0.05) is 10.6 Å². The molecular formula is C16H14ClFN2O3. The Hall–Kier alpha value is -2.60. The summed E-state index contributed by atoms with van der Waals surface area (Å²) in [6.07, 6.45) is -0.845. The van der Waals surface area contributed by atoms with E-state index in [1.165, 1.54) is 19.1 Å². The molecule has 0 saturated carbocycles. The monoisotopic (exact) mass is 336 g/mol. The molecule has 1 unspecified atom stereocenters. The Kier molecular flexibility index (Phi) is 5.54. The molecule has 0 aliphatic heterocycles. The van der Waals surface area contributed by atoms with Gasteiger partial charge in [-0.25, -0.2) is 4.39 Å². The summed E-state index contributed by atoms with van der Waals surface area (Å²) in [5.74, 6) is -1.12. The summed E-state index contributed by atoms with van der Waals surface area (Å²) in [4.78, 5) is 23.7. The number of nitrogens with one attached hydrogen (secondary N) is 2. The third kappa shape index (κ3) is 4.96. The normalized spacial score (nSPS) is 11.4. The maximum absolute atomic E-state index is 12.8. The molecule has 0 saturated heterocycles. The first-order valence-corrected chi connectivity index (χ1v) is 7.11. The average Bonchev–Trinajstić information content (AvgIpc) is 2.53. The van der Waals surface area contributed by atoms with E-state index in [-0.39, 0.29) is 5.56 Å². The maximum Gasteiger partial charge on any atom is 0.279 e. The number of benzene rings is 2. The van der Waals surface area contributed by atoms with Crippen molar-refractivity contribution < 1.29 is 18.7 Å². The van der Waals surface area contributed by atoms with Crippen LogP contribution in [0.15, 0.2) is 48.5 Å². The summed E-state index contributed by atoms with van der Waals surface area (Å²) >= 11 is 5.83. The second-order valence-corrected chi connectivity index (χ2v) is 5.10. The Morgan fingerprint density at radius 3 is 2.48 bits per heavy atom. The topological polar surface area (TPSA) is 67.4 Å². The molecule has 2 amide bonds. The molecule has 0 aromatic heterocycles. The fraction of sp³-hybridized carbons (Fsp3) is 0.125. The molecule has 1 atom stereocenters. The summed E-state index contributed by atoms with van der Waals surface area (Å²) in [7, 11) is 0. The molecule has 2 aromatic carbocycles. The lowest BCUT2D eigenvalue weighted by molar-refractivity contribution is -0.128. The summed E-state index contributed by atoms with van der Waals surface area (Å²) in [6, 6.07) is 11.5. The lowest BCUT2D eigenvalue weighted by Crippen LogP contribution is -2.47. The third-order valence-electron chi connectivity index (χ3n) is 2.88. The Bertz CT molecular complexity index is 707. The Morgan fingerprint density at radius 1 is 1.13 bits per heavy atom. The second kappa shape index (κ2) is 7.60. The van der Waals surface area contributed by atoms with Crippen LogP contribution < -0.4 is 15.6 Å². The van der Waals surface area contributed by atoms with Gasteiger partial charge in [-0.1, -0.05) is 17.7 Å². The van der Waals surface area contributed by atoms with E-state index >= 15 is 0 Å². The van der Waals surface area contributed by atoms with Crippen LogP contribution in [-0.4, -0.2) is 17.9 Å². The van der Waals surface area contributed by atoms with Crippen LogP contribution in [0.3, 0.4) is 0 Å². The van der Waals surface area contributed by atoms with Crippen molar-refractivity contribution in [3.63, 3.8) is 0 Å². The molecule has 120 valence electrons. The molecule has 7 heteroatoms. The molecule has 0 spiro atoms. The molecule has 0 aliphatic carbocycles. The predicted molar refractivity (Wildman–Crippen MR) is 83.6 cm³/mol. The minimum Gasteiger partial charge on any atom is -0.481 e. The Balaban J connectivity index is 1.86. The van der Waals surface area contributed by atoms with E-state index in [0.29, 0.717) is 10.8 Å². The van der Waals surface area contributed by atoms with Crippen molar-refractivity contribution in [2.24, 2.45) is 0 Å². The number of halogens is 2. The van der Waals surface area contributed by atoms with Gasteiger partial charge in [0.05, 0.1) is 0 Å². The van der Waals surface area contributed by atoms with E-state index in [2.05, 4.69) is 10.9 Å². The largest absolute Gasteiger partial charge is 0.481 e. The molecule has 2 rings (SSSR count). The van der Waals surface area contributed by atoms with Gasteiger partial charge in [-0.15, -0.1) is 0 Å². The number of hydrogen-bond donors (Lipinski definition) is 2. The number of rotatable bonds is 4. The molecule has 0 heterocycles. The predicted octanol–water partition coefficient (Wildman–Crippen LogP) is 2.71. The molecule has 0 radical (unpaired) electrons. The molecular weight excluding hydrogens is 323 g/mol. The van der Waals surface area contributed by atoms with Crippen molar-refractivity contribution in [2.75, 3.05) is 0 Å². The van der Waals surface area contributed by atoms with E-state index in [1.807, 2.05) is 0 Å². The summed E-state index contributed by atoms with van der Waals surface area (Å²) < 4.78 is 18.2. The lowest BCUT2D eigenvalue weighted by atomic mass is 10.2. The van der Waals surface area contributed by atoms with Crippen LogP contribution in [0.1, 0.15) is 17.3 Å². The molecule has 0 bridgehead atoms. The van der Waals surface area contributed by atoms with Crippen molar-refractivity contribution >= 4 is 23.4 Å². The fourth-order valence-corrected chi connectivity index (χ4v) is 1.87. The van der Waals surface area contributed by atoms with Gasteiger partial charge < -0.3 is 4.74 Å². The average molecular weight is 337 g/mol. The minimum atomic E-state index is -0.845. The standard InChI is InChI=1S/C16H14ClFN2O3/c1-10(23-14-4-2-3-12(17)9-14)15(21)19-20-16(22)11-5-7-13(18)8-6-11/h2-10H,1H3,(H,19,21)(H,20,22). The van der Waals surface area contributed by atoms with Gasteiger partial charge in [-0.05, 0) is 49.4 Å². The number of carbonyl (C=O) groups is 2. The van der Waals surface area contributed by atoms with E-state index in [0.717, 1.165) is 12.1 Å². The zero-order valence-electron chi connectivity index (χ0n) is 12.2. The smallest absolute Gasteiger partial charge is 0.279 e. The van der Waals surface area contributed by atoms with Gasteiger partial charge in [-0.2, -0.15) is 0 Å². The second-order valence-electron chi connectivity index (χ2n) is 4.67. The van der Waals surface area contributed by atoms with E-state index in [9.17, 15) is 14.0 Å². The highest BCUT2D eigenvalue weighted by Crippen LogP contribution is 2.18. The minimum absolute atomic E-state index is 0.218. The lowest BCUT2D eigenvalue weighted by Gasteiger charge is -2.15. The Morgan fingerprint density at radius 2 is 1.83 bits per heavy atom. The van der Waals surface area contributed by atoms with E-state index < -0.39 is 23.7 Å². The maximum atomic E-state index is 12.8. The molecule has 0 aliphatic rings. The molecule has 5 nitrogen and oxygen atoms in total. The van der Waals surface area contributed by atoms with Gasteiger partial charge in [0.25, 0.3) is 11.8 Å². The van der Waals surface area contributed by atoms with Crippen molar-refractivity contribution in [1.82, 2.24) is 10.9 Å². The van der Waals surface area contributed by atoms with Crippen molar-refractivity contribution in [1.29, 1.82) is 0 Å². The van der Waals surface area contributed by atoms with E-state index in [4.69, 9.17) is 16.3 Å². The number of carbonyl (C=O) groups excluding carboxylic acids is 2. The van der Waals surface area contributed by atoms with E-state index in [1.54, 1.807) is 24.3 Å². The number of ether oxygens (including phenoxy) is 1. The number of hydrogen-bond acceptors (Lipinski definition) is 3. The quantitative estimate of drug-likeness (QED) is 0.844. The summed E-state index contributed by atoms with van der Waals surface area (Å²) in [5.41, 5.74) is 4.69. The molecule has 0 fully saturated rings.